The summed E-state index contributed by atoms with van der Waals surface area (Å²) in [6, 6.07) is 18.5. The van der Waals surface area contributed by atoms with Crippen LogP contribution >= 0.6 is 0 Å². The molecule has 1 aromatic heterocycles. The molecule has 0 saturated heterocycles. The van der Waals surface area contributed by atoms with E-state index in [1.807, 2.05) is 50.2 Å². The van der Waals surface area contributed by atoms with Gasteiger partial charge in [0, 0.05) is 5.69 Å². The summed E-state index contributed by atoms with van der Waals surface area (Å²) < 4.78 is 5.51. The fourth-order valence-corrected chi connectivity index (χ4v) is 2.41. The maximum Gasteiger partial charge on any atom is 0.276 e. The summed E-state index contributed by atoms with van der Waals surface area (Å²) in [4.78, 5) is 12.4. The standard InChI is InChI=1S/C20H20N4O2/c1-3-26-18-11-7-6-10-16(18)22-20(25)17-12-13-19(24-23-17)21-15-9-5-4-8-14(15)2/h4-13H,3H2,1-2H3,(H,21,24)(H,22,25). The van der Waals surface area contributed by atoms with E-state index in [0.29, 0.717) is 23.9 Å². The van der Waals surface area contributed by atoms with Crippen LogP contribution in [0.5, 0.6) is 5.75 Å². The highest BCUT2D eigenvalue weighted by Crippen LogP contribution is 2.24. The summed E-state index contributed by atoms with van der Waals surface area (Å²) in [6.07, 6.45) is 0. The first-order valence-corrected chi connectivity index (χ1v) is 8.37. The van der Waals surface area contributed by atoms with E-state index in [2.05, 4.69) is 20.8 Å². The Balaban J connectivity index is 1.70. The van der Waals surface area contributed by atoms with Crippen LogP contribution < -0.4 is 15.4 Å². The second-order valence-electron chi connectivity index (χ2n) is 5.63. The van der Waals surface area contributed by atoms with E-state index in [0.717, 1.165) is 11.3 Å². The molecule has 26 heavy (non-hydrogen) atoms. The van der Waals surface area contributed by atoms with Gasteiger partial charge in [-0.1, -0.05) is 30.3 Å². The molecule has 6 heteroatoms. The Morgan fingerprint density at radius 1 is 0.962 bits per heavy atom. The molecule has 1 amide bonds. The van der Waals surface area contributed by atoms with Crippen molar-refractivity contribution in [3.63, 3.8) is 0 Å². The molecule has 132 valence electrons. The topological polar surface area (TPSA) is 76.1 Å². The summed E-state index contributed by atoms with van der Waals surface area (Å²) in [5.41, 5.74) is 2.88. The van der Waals surface area contributed by atoms with Gasteiger partial charge in [0.2, 0.25) is 0 Å². The number of carbonyl (C=O) groups excluding carboxylic acids is 1. The molecule has 3 rings (SSSR count). The van der Waals surface area contributed by atoms with Crippen LogP contribution in [0.15, 0.2) is 60.7 Å². The predicted octanol–water partition coefficient (Wildman–Crippen LogP) is 4.18. The molecule has 0 fully saturated rings. The fraction of sp³-hybridized carbons (Fsp3) is 0.150. The number of hydrogen-bond acceptors (Lipinski definition) is 5. The quantitative estimate of drug-likeness (QED) is 0.699. The number of aromatic nitrogens is 2. The lowest BCUT2D eigenvalue weighted by atomic mass is 10.2. The SMILES string of the molecule is CCOc1ccccc1NC(=O)c1ccc(Nc2ccccc2C)nn1. The van der Waals surface area contributed by atoms with Crippen LogP contribution in [0.1, 0.15) is 23.0 Å². The molecule has 0 spiro atoms. The zero-order valence-electron chi connectivity index (χ0n) is 14.7. The highest BCUT2D eigenvalue weighted by atomic mass is 16.5. The molecule has 6 nitrogen and oxygen atoms in total. The Bertz CT molecular complexity index is 894. The zero-order valence-corrected chi connectivity index (χ0v) is 14.7. The average molecular weight is 348 g/mol. The maximum absolute atomic E-state index is 12.4. The van der Waals surface area contributed by atoms with Crippen molar-refractivity contribution in [1.29, 1.82) is 0 Å². The van der Waals surface area contributed by atoms with Crippen LogP contribution in [-0.2, 0) is 0 Å². The van der Waals surface area contributed by atoms with Crippen LogP contribution in [0.25, 0.3) is 0 Å². The van der Waals surface area contributed by atoms with E-state index in [4.69, 9.17) is 4.74 Å². The lowest BCUT2D eigenvalue weighted by molar-refractivity contribution is 0.102. The summed E-state index contributed by atoms with van der Waals surface area (Å²) in [5, 5.41) is 14.1. The number of nitrogens with one attached hydrogen (secondary N) is 2. The predicted molar refractivity (Wildman–Crippen MR) is 102 cm³/mol. The molecule has 0 aliphatic rings. The number of para-hydroxylation sites is 3. The van der Waals surface area contributed by atoms with Crippen molar-refractivity contribution >= 4 is 23.1 Å². The number of ether oxygens (including phenoxy) is 1. The zero-order chi connectivity index (χ0) is 18.4. The van der Waals surface area contributed by atoms with Gasteiger partial charge >= 0.3 is 0 Å². The molecule has 0 bridgehead atoms. The highest BCUT2D eigenvalue weighted by Gasteiger charge is 2.12. The summed E-state index contributed by atoms with van der Waals surface area (Å²) in [7, 11) is 0. The van der Waals surface area contributed by atoms with E-state index in [1.165, 1.54) is 0 Å². The molecule has 1 heterocycles. The minimum atomic E-state index is -0.341. The molecule has 0 atom stereocenters. The van der Waals surface area contributed by atoms with Gasteiger partial charge in [0.15, 0.2) is 11.5 Å². The lowest BCUT2D eigenvalue weighted by Gasteiger charge is -2.11. The fourth-order valence-electron chi connectivity index (χ4n) is 2.41. The number of aryl methyl sites for hydroxylation is 1. The van der Waals surface area contributed by atoms with Crippen molar-refractivity contribution in [2.75, 3.05) is 17.2 Å². The van der Waals surface area contributed by atoms with E-state index in [9.17, 15) is 4.79 Å². The number of benzene rings is 2. The molecule has 2 N–H and O–H groups in total. The van der Waals surface area contributed by atoms with Crippen LogP contribution in [0.4, 0.5) is 17.2 Å². The van der Waals surface area contributed by atoms with Crippen molar-refractivity contribution in [2.45, 2.75) is 13.8 Å². The molecular formula is C20H20N4O2. The van der Waals surface area contributed by atoms with Gasteiger partial charge in [0.1, 0.15) is 5.75 Å². The second-order valence-corrected chi connectivity index (χ2v) is 5.63. The van der Waals surface area contributed by atoms with Crippen LogP contribution in [0.2, 0.25) is 0 Å². The first-order valence-electron chi connectivity index (χ1n) is 8.37. The monoisotopic (exact) mass is 348 g/mol. The van der Waals surface area contributed by atoms with Gasteiger partial charge in [0.25, 0.3) is 5.91 Å². The van der Waals surface area contributed by atoms with Crippen LogP contribution in [0, 0.1) is 6.92 Å². The van der Waals surface area contributed by atoms with E-state index < -0.39 is 0 Å². The number of rotatable bonds is 6. The third-order valence-corrected chi connectivity index (χ3v) is 3.74. The first-order chi connectivity index (χ1) is 12.7. The molecule has 0 saturated carbocycles. The summed E-state index contributed by atoms with van der Waals surface area (Å²) in [5.74, 6) is 0.854. The molecule has 2 aromatic carbocycles. The van der Waals surface area contributed by atoms with Crippen molar-refractivity contribution in [3.8, 4) is 5.75 Å². The summed E-state index contributed by atoms with van der Waals surface area (Å²) in [6.45, 7) is 4.42. The van der Waals surface area contributed by atoms with E-state index >= 15 is 0 Å². The van der Waals surface area contributed by atoms with Gasteiger partial charge < -0.3 is 15.4 Å². The van der Waals surface area contributed by atoms with Gasteiger partial charge in [-0.25, -0.2) is 0 Å². The molecule has 0 unspecified atom stereocenters. The number of nitrogens with zero attached hydrogens (tertiary/aromatic N) is 2. The third kappa shape index (κ3) is 4.16. The third-order valence-electron chi connectivity index (χ3n) is 3.74. The smallest absolute Gasteiger partial charge is 0.276 e. The lowest BCUT2D eigenvalue weighted by Crippen LogP contribution is -2.15. The first kappa shape index (κ1) is 17.4. The molecule has 0 radical (unpaired) electrons. The number of anilines is 3. The Kier molecular flexibility index (Phi) is 5.43. The average Bonchev–Trinajstić information content (AvgIpc) is 2.66. The van der Waals surface area contributed by atoms with Gasteiger partial charge in [0.05, 0.1) is 12.3 Å². The van der Waals surface area contributed by atoms with Gasteiger partial charge in [-0.05, 0) is 49.7 Å². The normalized spacial score (nSPS) is 10.2. The van der Waals surface area contributed by atoms with Crippen LogP contribution in [-0.4, -0.2) is 22.7 Å². The number of hydrogen-bond donors (Lipinski definition) is 2. The minimum absolute atomic E-state index is 0.228. The van der Waals surface area contributed by atoms with Gasteiger partial charge in [-0.15, -0.1) is 10.2 Å². The number of carbonyl (C=O) groups is 1. The second kappa shape index (κ2) is 8.11. The minimum Gasteiger partial charge on any atom is -0.492 e. The van der Waals surface area contributed by atoms with Crippen molar-refractivity contribution < 1.29 is 9.53 Å². The Morgan fingerprint density at radius 3 is 2.38 bits per heavy atom. The Labute approximate surface area is 152 Å². The van der Waals surface area contributed by atoms with Crippen molar-refractivity contribution in [2.24, 2.45) is 0 Å². The summed E-state index contributed by atoms with van der Waals surface area (Å²) >= 11 is 0. The van der Waals surface area contributed by atoms with Crippen molar-refractivity contribution in [3.05, 3.63) is 71.9 Å². The Hall–Kier alpha value is -3.41. The van der Waals surface area contributed by atoms with Gasteiger partial charge in [-0.2, -0.15) is 0 Å². The Morgan fingerprint density at radius 2 is 1.69 bits per heavy atom. The van der Waals surface area contributed by atoms with E-state index in [-0.39, 0.29) is 11.6 Å². The van der Waals surface area contributed by atoms with E-state index in [1.54, 1.807) is 24.3 Å². The molecule has 3 aromatic rings. The largest absolute Gasteiger partial charge is 0.492 e. The maximum atomic E-state index is 12.4. The number of amides is 1. The van der Waals surface area contributed by atoms with Crippen LogP contribution in [0.3, 0.4) is 0 Å². The van der Waals surface area contributed by atoms with Crippen molar-refractivity contribution in [1.82, 2.24) is 10.2 Å². The molecule has 0 aliphatic heterocycles. The molecule has 0 aliphatic carbocycles. The molecular weight excluding hydrogens is 328 g/mol. The highest BCUT2D eigenvalue weighted by molar-refractivity contribution is 6.03. The van der Waals surface area contributed by atoms with Gasteiger partial charge in [-0.3, -0.25) is 4.79 Å².